The highest BCUT2D eigenvalue weighted by Gasteiger charge is 2.31. The summed E-state index contributed by atoms with van der Waals surface area (Å²) in [5.41, 5.74) is 4.15. The molecule has 4 heteroatoms. The molecule has 2 aliphatic rings. The van der Waals surface area contributed by atoms with Crippen molar-refractivity contribution in [3.8, 4) is 0 Å². The number of nitrogens with one attached hydrogen (secondary N) is 1. The zero-order valence-electron chi connectivity index (χ0n) is 18.0. The minimum Gasteiger partial charge on any atom is -0.334 e. The van der Waals surface area contributed by atoms with Crippen molar-refractivity contribution in [2.75, 3.05) is 20.1 Å². The maximum atomic E-state index is 12.6. The molecule has 1 heterocycles. The van der Waals surface area contributed by atoms with Crippen molar-refractivity contribution in [3.05, 3.63) is 83.4 Å². The molecule has 30 heavy (non-hydrogen) atoms. The molecule has 1 unspecified atom stereocenters. The van der Waals surface area contributed by atoms with Crippen LogP contribution in [0.2, 0.25) is 0 Å². The summed E-state index contributed by atoms with van der Waals surface area (Å²) >= 11 is 0. The minimum atomic E-state index is 0.0276. The van der Waals surface area contributed by atoms with Gasteiger partial charge in [-0.1, -0.05) is 72.3 Å². The van der Waals surface area contributed by atoms with E-state index in [4.69, 9.17) is 0 Å². The maximum Gasteiger partial charge on any atom is 0.317 e. The summed E-state index contributed by atoms with van der Waals surface area (Å²) in [5, 5.41) is 3.06. The summed E-state index contributed by atoms with van der Waals surface area (Å²) in [6, 6.07) is 21.8. The van der Waals surface area contributed by atoms with Crippen LogP contribution in [0.15, 0.2) is 72.3 Å². The number of rotatable bonds is 7. The lowest BCUT2D eigenvalue weighted by Crippen LogP contribution is -2.51. The predicted octanol–water partition coefficient (Wildman–Crippen LogP) is 4.62. The van der Waals surface area contributed by atoms with Gasteiger partial charge in [0.05, 0.1) is 0 Å². The predicted molar refractivity (Wildman–Crippen MR) is 122 cm³/mol. The van der Waals surface area contributed by atoms with Crippen molar-refractivity contribution in [2.24, 2.45) is 0 Å². The largest absolute Gasteiger partial charge is 0.334 e. The third-order valence-corrected chi connectivity index (χ3v) is 6.63. The number of benzene rings is 2. The van der Waals surface area contributed by atoms with E-state index in [1.54, 1.807) is 5.57 Å². The van der Waals surface area contributed by atoms with Crippen LogP contribution in [0.3, 0.4) is 0 Å². The van der Waals surface area contributed by atoms with Crippen molar-refractivity contribution < 1.29 is 4.79 Å². The normalized spacial score (nSPS) is 18.2. The summed E-state index contributed by atoms with van der Waals surface area (Å²) in [4.78, 5) is 17.2. The number of allylic oxidation sites excluding steroid dienone is 1. The smallest absolute Gasteiger partial charge is 0.317 e. The zero-order valence-corrected chi connectivity index (χ0v) is 18.0. The number of carbonyl (C=O) groups is 1. The summed E-state index contributed by atoms with van der Waals surface area (Å²) in [5.74, 6) is 0. The standard InChI is InChI=1S/C26H33N3O/c1-28(26(30)27-20-22-11-6-3-7-12-22)24-15-17-29(18-16-24)25(23-13-8-14-23)19-21-9-4-2-5-10-21/h2-7,9-13,24-25H,8,14-20H2,1H3,(H,27,30). The molecule has 1 fully saturated rings. The third kappa shape index (κ3) is 5.11. The van der Waals surface area contributed by atoms with Gasteiger partial charge in [-0.3, -0.25) is 4.90 Å². The summed E-state index contributed by atoms with van der Waals surface area (Å²) in [6.45, 7) is 2.68. The highest BCUT2D eigenvalue weighted by molar-refractivity contribution is 5.74. The van der Waals surface area contributed by atoms with Gasteiger partial charge in [0.1, 0.15) is 0 Å². The monoisotopic (exact) mass is 403 g/mol. The van der Waals surface area contributed by atoms with Crippen molar-refractivity contribution in [1.82, 2.24) is 15.1 Å². The average Bonchev–Trinajstić information content (AvgIpc) is 2.77. The number of piperidine rings is 1. The molecular weight excluding hydrogens is 370 g/mol. The number of hydrogen-bond donors (Lipinski definition) is 1. The summed E-state index contributed by atoms with van der Waals surface area (Å²) < 4.78 is 0. The van der Waals surface area contributed by atoms with Crippen molar-refractivity contribution in [1.29, 1.82) is 0 Å². The fourth-order valence-electron chi connectivity index (χ4n) is 4.59. The van der Waals surface area contributed by atoms with E-state index in [1.807, 2.05) is 42.3 Å². The molecular formula is C26H33N3O. The molecule has 1 saturated heterocycles. The van der Waals surface area contributed by atoms with Crippen LogP contribution < -0.4 is 5.32 Å². The Hall–Kier alpha value is -2.59. The fraction of sp³-hybridized carbons (Fsp3) is 0.423. The van der Waals surface area contributed by atoms with E-state index >= 15 is 0 Å². The Bertz CT molecular complexity index is 841. The Morgan fingerprint density at radius 2 is 1.63 bits per heavy atom. The minimum absolute atomic E-state index is 0.0276. The van der Waals surface area contributed by atoms with Gasteiger partial charge in [-0.2, -0.15) is 0 Å². The molecule has 1 aliphatic carbocycles. The van der Waals surface area contributed by atoms with E-state index in [0.717, 1.165) is 37.9 Å². The third-order valence-electron chi connectivity index (χ3n) is 6.63. The van der Waals surface area contributed by atoms with Gasteiger partial charge < -0.3 is 10.2 Å². The Balaban J connectivity index is 1.30. The van der Waals surface area contributed by atoms with E-state index in [0.29, 0.717) is 18.6 Å². The fourth-order valence-corrected chi connectivity index (χ4v) is 4.59. The molecule has 0 radical (unpaired) electrons. The Morgan fingerprint density at radius 3 is 2.20 bits per heavy atom. The van der Waals surface area contributed by atoms with Gasteiger partial charge in [0, 0.05) is 38.8 Å². The molecule has 158 valence electrons. The van der Waals surface area contributed by atoms with E-state index < -0.39 is 0 Å². The average molecular weight is 404 g/mol. The molecule has 0 saturated carbocycles. The second kappa shape index (κ2) is 9.94. The van der Waals surface area contributed by atoms with Crippen LogP contribution in [-0.4, -0.2) is 48.1 Å². The van der Waals surface area contributed by atoms with Crippen LogP contribution in [0.4, 0.5) is 4.79 Å². The first kappa shape index (κ1) is 20.7. The summed E-state index contributed by atoms with van der Waals surface area (Å²) in [6.07, 6.45) is 8.04. The number of urea groups is 1. The number of carbonyl (C=O) groups excluding carboxylic acids is 1. The molecule has 1 aliphatic heterocycles. The first-order chi connectivity index (χ1) is 14.7. The Kier molecular flexibility index (Phi) is 6.85. The molecule has 4 nitrogen and oxygen atoms in total. The van der Waals surface area contributed by atoms with Gasteiger partial charge in [0.15, 0.2) is 0 Å². The highest BCUT2D eigenvalue weighted by Crippen LogP contribution is 2.30. The van der Waals surface area contributed by atoms with Gasteiger partial charge in [-0.25, -0.2) is 4.79 Å². The molecule has 2 aromatic rings. The number of hydrogen-bond acceptors (Lipinski definition) is 2. The Morgan fingerprint density at radius 1 is 1.03 bits per heavy atom. The van der Waals surface area contributed by atoms with E-state index in [2.05, 4.69) is 46.6 Å². The first-order valence-electron chi connectivity index (χ1n) is 11.2. The number of amides is 2. The van der Waals surface area contributed by atoms with Gasteiger partial charge in [0.25, 0.3) is 0 Å². The lowest BCUT2D eigenvalue weighted by atomic mass is 9.86. The molecule has 4 rings (SSSR count). The number of nitrogens with zero attached hydrogens (tertiary/aromatic N) is 2. The molecule has 0 spiro atoms. The zero-order chi connectivity index (χ0) is 20.8. The van der Waals surface area contributed by atoms with E-state index in [-0.39, 0.29) is 6.03 Å². The van der Waals surface area contributed by atoms with Crippen LogP contribution in [-0.2, 0) is 13.0 Å². The molecule has 0 bridgehead atoms. The van der Waals surface area contributed by atoms with Crippen LogP contribution in [0, 0.1) is 0 Å². The molecule has 2 amide bonds. The van der Waals surface area contributed by atoms with Crippen LogP contribution in [0.5, 0.6) is 0 Å². The summed E-state index contributed by atoms with van der Waals surface area (Å²) in [7, 11) is 1.94. The molecule has 1 N–H and O–H groups in total. The van der Waals surface area contributed by atoms with Gasteiger partial charge in [-0.05, 0) is 43.2 Å². The Labute approximate surface area is 180 Å². The maximum absolute atomic E-state index is 12.6. The van der Waals surface area contributed by atoms with Crippen LogP contribution in [0.1, 0.15) is 36.8 Å². The van der Waals surface area contributed by atoms with Crippen molar-refractivity contribution in [2.45, 2.75) is 50.7 Å². The second-order valence-electron chi connectivity index (χ2n) is 8.55. The number of likely N-dealkylation sites (tertiary alicyclic amines) is 1. The molecule has 2 aromatic carbocycles. The lowest BCUT2D eigenvalue weighted by molar-refractivity contribution is 0.114. The van der Waals surface area contributed by atoms with Gasteiger partial charge in [0.2, 0.25) is 0 Å². The highest BCUT2D eigenvalue weighted by atomic mass is 16.2. The van der Waals surface area contributed by atoms with Crippen molar-refractivity contribution in [3.63, 3.8) is 0 Å². The van der Waals surface area contributed by atoms with Crippen molar-refractivity contribution >= 4 is 6.03 Å². The van der Waals surface area contributed by atoms with Crippen LogP contribution >= 0.6 is 0 Å². The van der Waals surface area contributed by atoms with E-state index in [1.165, 1.54) is 18.4 Å². The van der Waals surface area contributed by atoms with E-state index in [9.17, 15) is 4.79 Å². The molecule has 0 aromatic heterocycles. The molecule has 1 atom stereocenters. The lowest BCUT2D eigenvalue weighted by Gasteiger charge is -2.42. The topological polar surface area (TPSA) is 35.6 Å². The van der Waals surface area contributed by atoms with Gasteiger partial charge >= 0.3 is 6.03 Å². The van der Waals surface area contributed by atoms with Crippen LogP contribution in [0.25, 0.3) is 0 Å². The SMILES string of the molecule is CN(C(=O)NCc1ccccc1)C1CCN(C(Cc2ccccc2)C2=CCC2)CC1. The quantitative estimate of drug-likeness (QED) is 0.685. The first-order valence-corrected chi connectivity index (χ1v) is 11.2. The second-order valence-corrected chi connectivity index (χ2v) is 8.55. The van der Waals surface area contributed by atoms with Gasteiger partial charge in [-0.15, -0.1) is 0 Å².